The molecule has 0 amide bonds. The minimum absolute atomic E-state index is 0.145. The van der Waals surface area contributed by atoms with Gasteiger partial charge in [-0.1, -0.05) is 51.9 Å². The molecular formula is C28H53N3O8Si2. The molecule has 4 unspecified atom stereocenters. The number of ether oxygens (including phenoxy) is 2. The van der Waals surface area contributed by atoms with Crippen molar-refractivity contribution >= 4 is 33.7 Å². The topological polar surface area (TPSA) is 135 Å². The summed E-state index contributed by atoms with van der Waals surface area (Å²) in [4.78, 5) is 21.8. The van der Waals surface area contributed by atoms with Gasteiger partial charge in [0.05, 0.1) is 40.8 Å². The standard InChI is InChI=1S/C28H53N3O8Si2/c1-10-11-12-13-14-15-16-17-26(38-40(4,5)6)28(39-41(7,8)9)27(37-3)24(21-36-2)29-23-19-18-22(30(32)33)20-25(23)31(34)35/h18-20,24,26-29H,10-17,21H2,1-9H3. The first-order valence-electron chi connectivity index (χ1n) is 14.7. The van der Waals surface area contributed by atoms with Gasteiger partial charge in [0.1, 0.15) is 11.8 Å². The Balaban J connectivity index is 3.40. The van der Waals surface area contributed by atoms with E-state index in [1.54, 1.807) is 14.2 Å². The van der Waals surface area contributed by atoms with Crippen LogP contribution in [0, 0.1) is 20.2 Å². The van der Waals surface area contributed by atoms with Crippen LogP contribution in [0.1, 0.15) is 58.3 Å². The van der Waals surface area contributed by atoms with Crippen molar-refractivity contribution in [3.63, 3.8) is 0 Å². The lowest BCUT2D eigenvalue weighted by Gasteiger charge is -2.42. The summed E-state index contributed by atoms with van der Waals surface area (Å²) in [5, 5.41) is 26.3. The molecule has 41 heavy (non-hydrogen) atoms. The Kier molecular flexibility index (Phi) is 16.2. The number of non-ortho nitro benzene ring substituents is 1. The van der Waals surface area contributed by atoms with Gasteiger partial charge in [0.15, 0.2) is 16.6 Å². The van der Waals surface area contributed by atoms with Crippen LogP contribution in [0.5, 0.6) is 0 Å². The number of anilines is 1. The van der Waals surface area contributed by atoms with Crippen molar-refractivity contribution in [1.82, 2.24) is 0 Å². The highest BCUT2D eigenvalue weighted by Crippen LogP contribution is 2.32. The molecule has 4 atom stereocenters. The number of nitro groups is 2. The number of hydrogen-bond donors (Lipinski definition) is 1. The lowest BCUT2D eigenvalue weighted by atomic mass is 9.96. The van der Waals surface area contributed by atoms with Crippen LogP contribution >= 0.6 is 0 Å². The lowest BCUT2D eigenvalue weighted by Crippen LogP contribution is -2.56. The SMILES string of the molecule is CCCCCCCCCC(O[Si](C)(C)C)C(O[Si](C)(C)C)C(OC)C(COC)Nc1ccc([N+](=O)[O-])cc1[N+](=O)[O-]. The van der Waals surface area contributed by atoms with Gasteiger partial charge < -0.3 is 23.6 Å². The van der Waals surface area contributed by atoms with E-state index in [2.05, 4.69) is 51.5 Å². The summed E-state index contributed by atoms with van der Waals surface area (Å²) < 4.78 is 25.2. The third-order valence-electron chi connectivity index (χ3n) is 6.52. The van der Waals surface area contributed by atoms with Crippen molar-refractivity contribution in [3.8, 4) is 0 Å². The molecule has 0 fully saturated rings. The fourth-order valence-corrected chi connectivity index (χ4v) is 7.10. The summed E-state index contributed by atoms with van der Waals surface area (Å²) >= 11 is 0. The van der Waals surface area contributed by atoms with E-state index in [0.29, 0.717) is 0 Å². The molecule has 0 aromatic heterocycles. The molecule has 0 radical (unpaired) electrons. The van der Waals surface area contributed by atoms with Gasteiger partial charge in [-0.25, -0.2) is 0 Å². The normalized spacial score (nSPS) is 15.2. The minimum Gasteiger partial charge on any atom is -0.412 e. The van der Waals surface area contributed by atoms with Crippen LogP contribution in [-0.2, 0) is 18.3 Å². The molecule has 1 rings (SSSR count). The Morgan fingerprint density at radius 1 is 0.829 bits per heavy atom. The molecule has 13 heteroatoms. The number of benzene rings is 1. The number of methoxy groups -OCH3 is 2. The van der Waals surface area contributed by atoms with Crippen molar-refractivity contribution in [2.24, 2.45) is 0 Å². The fraction of sp³-hybridized carbons (Fsp3) is 0.786. The van der Waals surface area contributed by atoms with E-state index >= 15 is 0 Å². The molecule has 1 N–H and O–H groups in total. The second kappa shape index (κ2) is 17.9. The number of nitro benzene ring substituents is 2. The Morgan fingerprint density at radius 2 is 1.41 bits per heavy atom. The third kappa shape index (κ3) is 14.2. The van der Waals surface area contributed by atoms with Crippen LogP contribution in [0.3, 0.4) is 0 Å². The molecule has 11 nitrogen and oxygen atoms in total. The monoisotopic (exact) mass is 615 g/mol. The molecule has 1 aromatic rings. The van der Waals surface area contributed by atoms with Crippen LogP contribution in [0.4, 0.5) is 17.1 Å². The number of unbranched alkanes of at least 4 members (excludes halogenated alkanes) is 6. The molecule has 1 aromatic carbocycles. The first kappa shape index (κ1) is 37.1. The quantitative estimate of drug-likeness (QED) is 0.0607. The Hall–Kier alpha value is -1.91. The Labute approximate surface area is 248 Å². The third-order valence-corrected chi connectivity index (χ3v) is 8.51. The van der Waals surface area contributed by atoms with E-state index in [4.69, 9.17) is 18.3 Å². The van der Waals surface area contributed by atoms with Crippen molar-refractivity contribution in [2.75, 3.05) is 26.1 Å². The predicted octanol–water partition coefficient (Wildman–Crippen LogP) is 7.53. The average Bonchev–Trinajstić information content (AvgIpc) is 2.86. The molecule has 0 saturated carbocycles. The van der Waals surface area contributed by atoms with Gasteiger partial charge in [-0.15, -0.1) is 0 Å². The molecule has 0 spiro atoms. The smallest absolute Gasteiger partial charge is 0.299 e. The van der Waals surface area contributed by atoms with Crippen molar-refractivity contribution < 1.29 is 28.2 Å². The number of rotatable bonds is 22. The second-order valence-electron chi connectivity index (χ2n) is 12.5. The molecule has 236 valence electrons. The molecule has 0 aliphatic heterocycles. The van der Waals surface area contributed by atoms with E-state index in [-0.39, 0.29) is 24.1 Å². The van der Waals surface area contributed by atoms with Gasteiger partial charge in [-0.2, -0.15) is 0 Å². The minimum atomic E-state index is -2.11. The number of nitrogens with one attached hydrogen (secondary N) is 1. The summed E-state index contributed by atoms with van der Waals surface area (Å²) in [6.45, 7) is 15.2. The summed E-state index contributed by atoms with van der Waals surface area (Å²) in [6.07, 6.45) is 7.82. The highest BCUT2D eigenvalue weighted by atomic mass is 28.4. The van der Waals surface area contributed by atoms with Crippen LogP contribution in [0.2, 0.25) is 39.3 Å². The van der Waals surface area contributed by atoms with Crippen LogP contribution in [-0.4, -0.2) is 71.7 Å². The lowest BCUT2D eigenvalue weighted by molar-refractivity contribution is -0.393. The largest absolute Gasteiger partial charge is 0.412 e. The summed E-state index contributed by atoms with van der Waals surface area (Å²) in [7, 11) is -0.963. The zero-order valence-electron chi connectivity index (χ0n) is 26.6. The van der Waals surface area contributed by atoms with E-state index in [1.807, 2.05) is 0 Å². The van der Waals surface area contributed by atoms with E-state index in [9.17, 15) is 20.2 Å². The maximum Gasteiger partial charge on any atom is 0.299 e. The number of nitrogens with zero attached hydrogens (tertiary/aromatic N) is 2. The first-order chi connectivity index (χ1) is 19.1. The highest BCUT2D eigenvalue weighted by Gasteiger charge is 2.41. The predicted molar refractivity (Wildman–Crippen MR) is 169 cm³/mol. The van der Waals surface area contributed by atoms with Gasteiger partial charge in [-0.05, 0) is 51.8 Å². The first-order valence-corrected chi connectivity index (χ1v) is 21.5. The molecule has 0 heterocycles. The van der Waals surface area contributed by atoms with Crippen molar-refractivity contribution in [1.29, 1.82) is 0 Å². The average molecular weight is 616 g/mol. The highest BCUT2D eigenvalue weighted by molar-refractivity contribution is 6.70. The second-order valence-corrected chi connectivity index (χ2v) is 21.4. The fourth-order valence-electron chi connectivity index (χ4n) is 4.84. The van der Waals surface area contributed by atoms with Gasteiger partial charge in [0, 0.05) is 20.3 Å². The van der Waals surface area contributed by atoms with Crippen molar-refractivity contribution in [2.45, 2.75) is 122 Å². The summed E-state index contributed by atoms with van der Waals surface area (Å²) in [6, 6.07) is 3.00. The van der Waals surface area contributed by atoms with Gasteiger partial charge >= 0.3 is 0 Å². The summed E-state index contributed by atoms with van der Waals surface area (Å²) in [5.41, 5.74) is -0.603. The Morgan fingerprint density at radius 3 is 1.90 bits per heavy atom. The molecular weight excluding hydrogens is 562 g/mol. The van der Waals surface area contributed by atoms with E-state index in [1.165, 1.54) is 44.2 Å². The van der Waals surface area contributed by atoms with Crippen LogP contribution < -0.4 is 5.32 Å². The van der Waals surface area contributed by atoms with Gasteiger partial charge in [0.25, 0.3) is 11.4 Å². The molecule has 0 aliphatic carbocycles. The van der Waals surface area contributed by atoms with E-state index < -0.39 is 50.4 Å². The Bertz CT molecular complexity index is 940. The van der Waals surface area contributed by atoms with Gasteiger partial charge in [0.2, 0.25) is 0 Å². The van der Waals surface area contributed by atoms with E-state index in [0.717, 1.165) is 25.3 Å². The van der Waals surface area contributed by atoms with Gasteiger partial charge in [-0.3, -0.25) is 20.2 Å². The zero-order chi connectivity index (χ0) is 31.2. The maximum atomic E-state index is 11.8. The molecule has 0 bridgehead atoms. The molecule has 0 aliphatic rings. The summed E-state index contributed by atoms with van der Waals surface area (Å²) in [5.74, 6) is 0. The van der Waals surface area contributed by atoms with Crippen LogP contribution in [0.15, 0.2) is 18.2 Å². The molecule has 0 saturated heterocycles. The van der Waals surface area contributed by atoms with Crippen LogP contribution in [0.25, 0.3) is 0 Å². The number of hydrogen-bond acceptors (Lipinski definition) is 9. The van der Waals surface area contributed by atoms with Crippen molar-refractivity contribution in [3.05, 3.63) is 38.4 Å². The zero-order valence-corrected chi connectivity index (χ0v) is 28.6. The maximum absolute atomic E-state index is 11.8.